The summed E-state index contributed by atoms with van der Waals surface area (Å²) in [5, 5.41) is 9.54. The van der Waals surface area contributed by atoms with Crippen LogP contribution in [-0.2, 0) is 0 Å². The fraction of sp³-hybridized carbons (Fsp3) is 0.385. The van der Waals surface area contributed by atoms with Crippen molar-refractivity contribution in [1.29, 1.82) is 0 Å². The van der Waals surface area contributed by atoms with Crippen LogP contribution in [0.25, 0.3) is 0 Å². The normalized spacial score (nSPS) is 16.3. The number of imide groups is 1. The Bertz CT molecular complexity index is 482. The number of nitrogens with zero attached hydrogens (tertiary/aromatic N) is 1. The third kappa shape index (κ3) is 1.96. The van der Waals surface area contributed by atoms with E-state index in [9.17, 15) is 14.7 Å². The predicted molar refractivity (Wildman–Crippen MR) is 62.8 cm³/mol. The SMILES string of the molecule is CCC(O)CN1C(=O)c2ccc(C)cc2C1=O. The molecule has 0 saturated heterocycles. The van der Waals surface area contributed by atoms with Crippen molar-refractivity contribution in [2.24, 2.45) is 0 Å². The van der Waals surface area contributed by atoms with Crippen LogP contribution in [0.5, 0.6) is 0 Å². The summed E-state index contributed by atoms with van der Waals surface area (Å²) in [6.07, 6.45) is -0.134. The maximum atomic E-state index is 12.0. The Kier molecular flexibility index (Phi) is 2.98. The molecule has 0 aromatic heterocycles. The average Bonchev–Trinajstić information content (AvgIpc) is 2.54. The summed E-state index contributed by atoms with van der Waals surface area (Å²) in [6, 6.07) is 5.20. The summed E-state index contributed by atoms with van der Waals surface area (Å²) in [7, 11) is 0. The van der Waals surface area contributed by atoms with Gasteiger partial charge in [-0.05, 0) is 25.5 Å². The maximum absolute atomic E-state index is 12.0. The molecule has 0 spiro atoms. The number of benzene rings is 1. The van der Waals surface area contributed by atoms with Crippen LogP contribution < -0.4 is 0 Å². The van der Waals surface area contributed by atoms with E-state index in [0.29, 0.717) is 17.5 Å². The quantitative estimate of drug-likeness (QED) is 0.802. The highest BCUT2D eigenvalue weighted by Gasteiger charge is 2.36. The van der Waals surface area contributed by atoms with E-state index in [0.717, 1.165) is 10.5 Å². The molecule has 0 aliphatic carbocycles. The number of aliphatic hydroxyl groups is 1. The minimum absolute atomic E-state index is 0.0713. The van der Waals surface area contributed by atoms with Gasteiger partial charge in [-0.1, -0.05) is 18.6 Å². The highest BCUT2D eigenvalue weighted by molar-refractivity contribution is 6.21. The van der Waals surface area contributed by atoms with Crippen LogP contribution in [-0.4, -0.2) is 34.5 Å². The first kappa shape index (κ1) is 11.8. The van der Waals surface area contributed by atoms with E-state index >= 15 is 0 Å². The number of rotatable bonds is 3. The summed E-state index contributed by atoms with van der Waals surface area (Å²) < 4.78 is 0. The minimum Gasteiger partial charge on any atom is -0.391 e. The molecule has 1 atom stereocenters. The largest absolute Gasteiger partial charge is 0.391 e. The number of carbonyl (C=O) groups excluding carboxylic acids is 2. The van der Waals surface area contributed by atoms with Crippen LogP contribution in [0, 0.1) is 6.92 Å². The zero-order valence-electron chi connectivity index (χ0n) is 9.93. The average molecular weight is 233 g/mol. The van der Waals surface area contributed by atoms with Crippen molar-refractivity contribution >= 4 is 11.8 Å². The van der Waals surface area contributed by atoms with Crippen molar-refractivity contribution in [1.82, 2.24) is 4.90 Å². The molecule has 1 N–H and O–H groups in total. The van der Waals surface area contributed by atoms with Crippen molar-refractivity contribution in [3.05, 3.63) is 34.9 Å². The second kappa shape index (κ2) is 4.30. The van der Waals surface area contributed by atoms with E-state index in [4.69, 9.17) is 0 Å². The molecular weight excluding hydrogens is 218 g/mol. The Morgan fingerprint density at radius 2 is 1.88 bits per heavy atom. The molecule has 0 saturated carbocycles. The van der Waals surface area contributed by atoms with Gasteiger partial charge >= 0.3 is 0 Å². The van der Waals surface area contributed by atoms with E-state index in [1.807, 2.05) is 19.9 Å². The fourth-order valence-corrected chi connectivity index (χ4v) is 1.91. The highest BCUT2D eigenvalue weighted by Crippen LogP contribution is 2.24. The Labute approximate surface area is 99.9 Å². The van der Waals surface area contributed by atoms with E-state index < -0.39 is 6.10 Å². The van der Waals surface area contributed by atoms with Gasteiger partial charge in [-0.2, -0.15) is 0 Å². The van der Waals surface area contributed by atoms with Crippen LogP contribution >= 0.6 is 0 Å². The lowest BCUT2D eigenvalue weighted by atomic mass is 10.1. The first-order chi connectivity index (χ1) is 8.04. The number of aliphatic hydroxyl groups excluding tert-OH is 1. The van der Waals surface area contributed by atoms with Crippen molar-refractivity contribution in [3.8, 4) is 0 Å². The van der Waals surface area contributed by atoms with Crippen LogP contribution in [0.15, 0.2) is 18.2 Å². The van der Waals surface area contributed by atoms with Gasteiger partial charge in [-0.3, -0.25) is 14.5 Å². The summed E-state index contributed by atoms with van der Waals surface area (Å²) in [4.78, 5) is 25.1. The number of β-amino-alcohol motifs (C(OH)–C–C–N with tert-alkyl or cyclic N) is 1. The topological polar surface area (TPSA) is 57.6 Å². The zero-order valence-corrected chi connectivity index (χ0v) is 9.93. The molecule has 4 heteroatoms. The second-order valence-electron chi connectivity index (χ2n) is 4.33. The maximum Gasteiger partial charge on any atom is 0.261 e. The zero-order chi connectivity index (χ0) is 12.6. The Morgan fingerprint density at radius 3 is 2.53 bits per heavy atom. The number of hydrogen-bond donors (Lipinski definition) is 1. The monoisotopic (exact) mass is 233 g/mol. The van der Waals surface area contributed by atoms with E-state index in [1.165, 1.54) is 0 Å². The number of amides is 2. The molecule has 2 rings (SSSR count). The van der Waals surface area contributed by atoms with Crippen LogP contribution in [0.1, 0.15) is 39.6 Å². The molecule has 1 aliphatic heterocycles. The van der Waals surface area contributed by atoms with Crippen molar-refractivity contribution in [3.63, 3.8) is 0 Å². The highest BCUT2D eigenvalue weighted by atomic mass is 16.3. The lowest BCUT2D eigenvalue weighted by Crippen LogP contribution is -2.36. The summed E-state index contributed by atoms with van der Waals surface area (Å²) in [6.45, 7) is 3.76. The lowest BCUT2D eigenvalue weighted by molar-refractivity contribution is 0.0540. The van der Waals surface area contributed by atoms with Gasteiger partial charge in [0.2, 0.25) is 0 Å². The predicted octanol–water partition coefficient (Wildman–Crippen LogP) is 1.36. The standard InChI is InChI=1S/C13H15NO3/c1-3-9(15)7-14-12(16)10-5-4-8(2)6-11(10)13(14)17/h4-6,9,15H,3,7H2,1-2H3. The third-order valence-electron chi connectivity index (χ3n) is 2.99. The van der Waals surface area contributed by atoms with Crippen LogP contribution in [0.3, 0.4) is 0 Å². The summed E-state index contributed by atoms with van der Waals surface area (Å²) >= 11 is 0. The molecule has 1 aromatic carbocycles. The van der Waals surface area contributed by atoms with Crippen molar-refractivity contribution in [2.75, 3.05) is 6.54 Å². The van der Waals surface area contributed by atoms with Crippen LogP contribution in [0.2, 0.25) is 0 Å². The summed E-state index contributed by atoms with van der Waals surface area (Å²) in [5.74, 6) is -0.612. The van der Waals surface area contributed by atoms with Gasteiger partial charge in [0.15, 0.2) is 0 Å². The molecular formula is C13H15NO3. The second-order valence-corrected chi connectivity index (χ2v) is 4.33. The number of hydrogen-bond acceptors (Lipinski definition) is 3. The first-order valence-electron chi connectivity index (χ1n) is 5.69. The smallest absolute Gasteiger partial charge is 0.261 e. The van der Waals surface area contributed by atoms with Gasteiger partial charge < -0.3 is 5.11 Å². The molecule has 17 heavy (non-hydrogen) atoms. The van der Waals surface area contributed by atoms with Gasteiger partial charge in [0.25, 0.3) is 11.8 Å². The van der Waals surface area contributed by atoms with Gasteiger partial charge in [-0.25, -0.2) is 0 Å². The van der Waals surface area contributed by atoms with Crippen molar-refractivity contribution in [2.45, 2.75) is 26.4 Å². The third-order valence-corrected chi connectivity index (χ3v) is 2.99. The van der Waals surface area contributed by atoms with Gasteiger partial charge in [-0.15, -0.1) is 0 Å². The molecule has 1 aliphatic rings. The minimum atomic E-state index is -0.654. The molecule has 1 unspecified atom stereocenters. The Balaban J connectivity index is 2.32. The molecule has 0 radical (unpaired) electrons. The number of aryl methyl sites for hydroxylation is 1. The molecule has 1 heterocycles. The Hall–Kier alpha value is -1.68. The molecule has 2 amide bonds. The van der Waals surface area contributed by atoms with Crippen LogP contribution in [0.4, 0.5) is 0 Å². The molecule has 0 bridgehead atoms. The number of fused-ring (bicyclic) bond motifs is 1. The lowest BCUT2D eigenvalue weighted by Gasteiger charge is -2.16. The van der Waals surface area contributed by atoms with E-state index in [-0.39, 0.29) is 18.4 Å². The molecule has 90 valence electrons. The van der Waals surface area contributed by atoms with Gasteiger partial charge in [0, 0.05) is 0 Å². The van der Waals surface area contributed by atoms with E-state index in [2.05, 4.69) is 0 Å². The van der Waals surface area contributed by atoms with Crippen molar-refractivity contribution < 1.29 is 14.7 Å². The molecule has 4 nitrogen and oxygen atoms in total. The Morgan fingerprint density at radius 1 is 1.24 bits per heavy atom. The molecule has 0 fully saturated rings. The first-order valence-corrected chi connectivity index (χ1v) is 5.69. The number of carbonyl (C=O) groups is 2. The summed E-state index contributed by atoms with van der Waals surface area (Å²) in [5.41, 5.74) is 1.82. The fourth-order valence-electron chi connectivity index (χ4n) is 1.91. The van der Waals surface area contributed by atoms with E-state index in [1.54, 1.807) is 12.1 Å². The van der Waals surface area contributed by atoms with Gasteiger partial charge in [0.1, 0.15) is 0 Å². The molecule has 1 aromatic rings. The van der Waals surface area contributed by atoms with Gasteiger partial charge in [0.05, 0.1) is 23.8 Å².